The minimum atomic E-state index is -0.0864. The number of carbonyl (C=O) groups excluding carboxylic acids is 1. The number of nitrogens with zero attached hydrogens (tertiary/aromatic N) is 1. The number of hydrogen-bond donors (Lipinski definition) is 1. The molecule has 138 valence electrons. The zero-order valence-electron chi connectivity index (χ0n) is 16.1. The lowest BCUT2D eigenvalue weighted by Gasteiger charge is -2.31. The Kier molecular flexibility index (Phi) is 5.33. The molecule has 1 aliphatic rings. The van der Waals surface area contributed by atoms with E-state index in [1.807, 2.05) is 43.3 Å². The Morgan fingerprint density at radius 3 is 2.62 bits per heavy atom. The van der Waals surface area contributed by atoms with Crippen molar-refractivity contribution in [3.8, 4) is 0 Å². The summed E-state index contributed by atoms with van der Waals surface area (Å²) in [5.41, 5.74) is 4.05. The third-order valence-corrected chi connectivity index (χ3v) is 5.49. The monoisotopic (exact) mass is 352 g/mol. The fraction of sp³-hybridized carbons (Fsp3) is 0.409. The molecule has 1 aliphatic heterocycles. The number of nitrogens with one attached hydrogen (secondary N) is 1. The van der Waals surface area contributed by atoms with E-state index < -0.39 is 0 Å². The topological polar surface area (TPSA) is 41.6 Å². The molecule has 0 saturated carbocycles. The summed E-state index contributed by atoms with van der Waals surface area (Å²) < 4.78 is 5.57. The van der Waals surface area contributed by atoms with Crippen molar-refractivity contribution in [1.29, 1.82) is 0 Å². The van der Waals surface area contributed by atoms with Crippen LogP contribution in [0.2, 0.25) is 0 Å². The Hall–Kier alpha value is -2.33. The van der Waals surface area contributed by atoms with E-state index in [9.17, 15) is 4.79 Å². The summed E-state index contributed by atoms with van der Waals surface area (Å²) in [5.74, 6) is -0.0864. The smallest absolute Gasteiger partial charge is 0.255 e. The highest BCUT2D eigenvalue weighted by Gasteiger charge is 2.41. The van der Waals surface area contributed by atoms with Crippen LogP contribution in [-0.4, -0.2) is 31.7 Å². The van der Waals surface area contributed by atoms with E-state index in [0.29, 0.717) is 18.2 Å². The molecule has 0 aliphatic carbocycles. The molecule has 4 nitrogen and oxygen atoms in total. The van der Waals surface area contributed by atoms with E-state index in [4.69, 9.17) is 4.74 Å². The number of fused-ring (bicyclic) bond motifs is 1. The van der Waals surface area contributed by atoms with Gasteiger partial charge in [-0.05, 0) is 43.7 Å². The zero-order valence-corrected chi connectivity index (χ0v) is 16.1. The highest BCUT2D eigenvalue weighted by Crippen LogP contribution is 2.45. The largest absolute Gasteiger partial charge is 0.380 e. The molecule has 1 atom stereocenters. The molecule has 0 saturated heterocycles. The Labute approximate surface area is 156 Å². The minimum absolute atomic E-state index is 0.0590. The fourth-order valence-electron chi connectivity index (χ4n) is 3.63. The molecule has 0 spiro atoms. The Bertz CT molecular complexity index is 771. The van der Waals surface area contributed by atoms with Crippen LogP contribution in [0.15, 0.2) is 48.5 Å². The highest BCUT2D eigenvalue weighted by atomic mass is 16.5. The molecule has 0 aromatic heterocycles. The van der Waals surface area contributed by atoms with Crippen molar-refractivity contribution in [2.24, 2.45) is 0 Å². The van der Waals surface area contributed by atoms with Gasteiger partial charge in [0.15, 0.2) is 0 Å². The second kappa shape index (κ2) is 7.50. The van der Waals surface area contributed by atoms with Crippen molar-refractivity contribution in [2.45, 2.75) is 39.2 Å². The number of anilines is 2. The lowest BCUT2D eigenvalue weighted by atomic mass is 9.81. The molecule has 0 bridgehead atoms. The summed E-state index contributed by atoms with van der Waals surface area (Å²) in [6.07, 6.45) is 0. The summed E-state index contributed by atoms with van der Waals surface area (Å²) in [4.78, 5) is 14.8. The van der Waals surface area contributed by atoms with E-state index in [-0.39, 0.29) is 11.3 Å². The van der Waals surface area contributed by atoms with Crippen LogP contribution < -0.4 is 10.2 Å². The van der Waals surface area contributed by atoms with Gasteiger partial charge in [-0.15, -0.1) is 0 Å². The van der Waals surface area contributed by atoms with E-state index in [2.05, 4.69) is 43.1 Å². The summed E-state index contributed by atoms with van der Waals surface area (Å²) in [7, 11) is 0. The van der Waals surface area contributed by atoms with E-state index in [1.165, 1.54) is 11.3 Å². The molecule has 26 heavy (non-hydrogen) atoms. The van der Waals surface area contributed by atoms with Crippen LogP contribution in [0.5, 0.6) is 0 Å². The van der Waals surface area contributed by atoms with Gasteiger partial charge in [0.05, 0.1) is 6.61 Å². The molecule has 4 heteroatoms. The first kappa shape index (κ1) is 18.5. The standard InChI is InChI=1S/C22H28N2O2/c1-5-26-14-13-24-16(2)22(3,4)19-12-11-18(15-20(19)24)23-21(25)17-9-7-6-8-10-17/h6-12,15-16H,5,13-14H2,1-4H3,(H,23,25). The van der Waals surface area contributed by atoms with Crippen LogP contribution in [0.3, 0.4) is 0 Å². The third-order valence-electron chi connectivity index (χ3n) is 5.49. The lowest BCUT2D eigenvalue weighted by Crippen LogP contribution is -2.40. The van der Waals surface area contributed by atoms with Gasteiger partial charge in [-0.3, -0.25) is 4.79 Å². The number of carbonyl (C=O) groups is 1. The van der Waals surface area contributed by atoms with Gasteiger partial charge in [0.2, 0.25) is 0 Å². The first-order valence-electron chi connectivity index (χ1n) is 9.30. The van der Waals surface area contributed by atoms with E-state index in [1.54, 1.807) is 0 Å². The normalized spacial score (nSPS) is 17.8. The molecule has 2 aromatic rings. The first-order valence-corrected chi connectivity index (χ1v) is 9.30. The van der Waals surface area contributed by atoms with Gasteiger partial charge in [0.25, 0.3) is 5.91 Å². The van der Waals surface area contributed by atoms with Crippen molar-refractivity contribution in [1.82, 2.24) is 0 Å². The predicted octanol–water partition coefficient (Wildman–Crippen LogP) is 4.46. The van der Waals surface area contributed by atoms with Crippen molar-refractivity contribution in [3.63, 3.8) is 0 Å². The maximum Gasteiger partial charge on any atom is 0.255 e. The summed E-state index contributed by atoms with van der Waals surface area (Å²) in [5, 5.41) is 3.02. The van der Waals surface area contributed by atoms with Gasteiger partial charge in [0, 0.05) is 41.5 Å². The van der Waals surface area contributed by atoms with Gasteiger partial charge < -0.3 is 15.0 Å². The predicted molar refractivity (Wildman–Crippen MR) is 107 cm³/mol. The molecule has 1 N–H and O–H groups in total. The molecule has 1 unspecified atom stereocenters. The Morgan fingerprint density at radius 2 is 1.92 bits per heavy atom. The van der Waals surface area contributed by atoms with Crippen LogP contribution >= 0.6 is 0 Å². The Balaban J connectivity index is 1.85. The van der Waals surface area contributed by atoms with Crippen molar-refractivity contribution >= 4 is 17.3 Å². The van der Waals surface area contributed by atoms with E-state index in [0.717, 1.165) is 18.8 Å². The molecular weight excluding hydrogens is 324 g/mol. The average Bonchev–Trinajstić information content (AvgIpc) is 2.83. The number of ether oxygens (including phenoxy) is 1. The lowest BCUT2D eigenvalue weighted by molar-refractivity contribution is 0.102. The highest BCUT2D eigenvalue weighted by molar-refractivity contribution is 6.04. The maximum atomic E-state index is 12.5. The second-order valence-corrected chi connectivity index (χ2v) is 7.34. The van der Waals surface area contributed by atoms with Gasteiger partial charge in [-0.25, -0.2) is 0 Å². The van der Waals surface area contributed by atoms with Gasteiger partial charge in [-0.2, -0.15) is 0 Å². The van der Waals surface area contributed by atoms with Crippen molar-refractivity contribution < 1.29 is 9.53 Å². The van der Waals surface area contributed by atoms with Gasteiger partial charge in [-0.1, -0.05) is 38.1 Å². The van der Waals surface area contributed by atoms with E-state index >= 15 is 0 Å². The number of amides is 1. The number of benzene rings is 2. The quantitative estimate of drug-likeness (QED) is 0.780. The molecule has 1 amide bonds. The van der Waals surface area contributed by atoms with Crippen LogP contribution in [0, 0.1) is 0 Å². The summed E-state index contributed by atoms with van der Waals surface area (Å²) in [6, 6.07) is 15.9. The third kappa shape index (κ3) is 3.47. The minimum Gasteiger partial charge on any atom is -0.380 e. The van der Waals surface area contributed by atoms with Gasteiger partial charge in [0.1, 0.15) is 0 Å². The number of hydrogen-bond acceptors (Lipinski definition) is 3. The molecule has 2 aromatic carbocycles. The second-order valence-electron chi connectivity index (χ2n) is 7.34. The average molecular weight is 352 g/mol. The fourth-order valence-corrected chi connectivity index (χ4v) is 3.63. The molecule has 0 fully saturated rings. The molecule has 0 radical (unpaired) electrons. The zero-order chi connectivity index (χ0) is 18.7. The van der Waals surface area contributed by atoms with Crippen LogP contribution in [0.1, 0.15) is 43.6 Å². The van der Waals surface area contributed by atoms with Crippen LogP contribution in [0.4, 0.5) is 11.4 Å². The number of rotatable bonds is 6. The van der Waals surface area contributed by atoms with Crippen molar-refractivity contribution in [3.05, 3.63) is 59.7 Å². The van der Waals surface area contributed by atoms with Crippen molar-refractivity contribution in [2.75, 3.05) is 30.0 Å². The Morgan fingerprint density at radius 1 is 1.19 bits per heavy atom. The van der Waals surface area contributed by atoms with Crippen LogP contribution in [0.25, 0.3) is 0 Å². The summed E-state index contributed by atoms with van der Waals surface area (Å²) >= 11 is 0. The molecule has 1 heterocycles. The molecular formula is C22H28N2O2. The maximum absolute atomic E-state index is 12.5. The molecule has 3 rings (SSSR count). The van der Waals surface area contributed by atoms with Crippen LogP contribution in [-0.2, 0) is 10.2 Å². The first-order chi connectivity index (χ1) is 12.4. The SMILES string of the molecule is CCOCCN1c2cc(NC(=O)c3ccccc3)ccc2C(C)(C)C1C. The van der Waals surface area contributed by atoms with Gasteiger partial charge >= 0.3 is 0 Å². The summed E-state index contributed by atoms with van der Waals surface area (Å²) in [6.45, 7) is 11.1.